The molecule has 206 valence electrons. The van der Waals surface area contributed by atoms with E-state index < -0.39 is 21.6 Å². The Labute approximate surface area is 234 Å². The molecular weight excluding hydrogens is 547 g/mol. The van der Waals surface area contributed by atoms with Crippen LogP contribution in [0.1, 0.15) is 21.6 Å². The molecule has 0 fully saturated rings. The summed E-state index contributed by atoms with van der Waals surface area (Å²) in [5.41, 5.74) is 3.20. The van der Waals surface area contributed by atoms with Gasteiger partial charge in [-0.05, 0) is 66.2 Å². The van der Waals surface area contributed by atoms with Crippen molar-refractivity contribution in [3.05, 3.63) is 114 Å². The van der Waals surface area contributed by atoms with E-state index in [1.165, 1.54) is 47.1 Å². The Morgan fingerprint density at radius 3 is 2.61 bits per heavy atom. The van der Waals surface area contributed by atoms with Gasteiger partial charge in [-0.25, -0.2) is 17.8 Å². The number of hydrogen-bond donors (Lipinski definition) is 1. The van der Waals surface area contributed by atoms with E-state index in [9.17, 15) is 17.6 Å². The van der Waals surface area contributed by atoms with Crippen molar-refractivity contribution in [2.45, 2.75) is 17.2 Å². The van der Waals surface area contributed by atoms with Crippen LogP contribution in [0.15, 0.2) is 101 Å². The molecule has 4 aromatic heterocycles. The quantitative estimate of drug-likeness (QED) is 0.287. The molecule has 0 saturated carbocycles. The molecule has 0 aliphatic carbocycles. The van der Waals surface area contributed by atoms with Crippen LogP contribution in [0.2, 0.25) is 0 Å². The summed E-state index contributed by atoms with van der Waals surface area (Å²) in [6.45, 7) is 0.246. The third-order valence-electron chi connectivity index (χ3n) is 6.51. The second-order valence-electron chi connectivity index (χ2n) is 9.44. The summed E-state index contributed by atoms with van der Waals surface area (Å²) in [5.74, 6) is -0.826. The van der Waals surface area contributed by atoms with Crippen molar-refractivity contribution in [2.75, 3.05) is 0 Å². The largest absolute Gasteiger partial charge is 0.356 e. The first kappa shape index (κ1) is 26.1. The molecular formula is C29H23FN6O4S. The molecule has 1 amide bonds. The van der Waals surface area contributed by atoms with Gasteiger partial charge >= 0.3 is 0 Å². The molecule has 10 nitrogen and oxygen atoms in total. The number of imidazole rings is 1. The number of aryl methyl sites for hydroxylation is 1. The Morgan fingerprint density at radius 1 is 1.00 bits per heavy atom. The first-order valence-corrected chi connectivity index (χ1v) is 14.2. The first-order chi connectivity index (χ1) is 19.7. The highest BCUT2D eigenvalue weighted by Crippen LogP contribution is 2.33. The lowest BCUT2D eigenvalue weighted by Gasteiger charge is -2.11. The highest BCUT2D eigenvalue weighted by Gasteiger charge is 2.25. The van der Waals surface area contributed by atoms with Gasteiger partial charge in [-0.3, -0.25) is 9.48 Å². The van der Waals surface area contributed by atoms with Gasteiger partial charge in [0.2, 0.25) is 0 Å². The molecule has 1 N–H and O–H groups in total. The Kier molecular flexibility index (Phi) is 6.67. The van der Waals surface area contributed by atoms with Crippen LogP contribution < -0.4 is 5.32 Å². The third-order valence-corrected chi connectivity index (χ3v) is 8.22. The molecule has 4 heterocycles. The van der Waals surface area contributed by atoms with E-state index in [2.05, 4.69) is 20.6 Å². The highest BCUT2D eigenvalue weighted by atomic mass is 32.2. The molecule has 0 radical (unpaired) electrons. The molecule has 0 aliphatic heterocycles. The molecule has 0 unspecified atom stereocenters. The van der Waals surface area contributed by atoms with Gasteiger partial charge in [-0.1, -0.05) is 5.16 Å². The summed E-state index contributed by atoms with van der Waals surface area (Å²) in [6.07, 6.45) is 7.03. The van der Waals surface area contributed by atoms with Crippen LogP contribution in [0.25, 0.3) is 28.2 Å². The summed E-state index contributed by atoms with van der Waals surface area (Å²) in [7, 11) is -2.20. The maximum Gasteiger partial charge on any atom is 0.251 e. The normalized spacial score (nSPS) is 11.7. The molecule has 0 spiro atoms. The van der Waals surface area contributed by atoms with Crippen LogP contribution in [0.3, 0.4) is 0 Å². The first-order valence-electron chi connectivity index (χ1n) is 12.5. The molecule has 0 bridgehead atoms. The van der Waals surface area contributed by atoms with E-state index in [0.29, 0.717) is 17.0 Å². The van der Waals surface area contributed by atoms with Crippen molar-refractivity contribution in [2.24, 2.45) is 7.05 Å². The van der Waals surface area contributed by atoms with Crippen LogP contribution in [0, 0.1) is 5.82 Å². The number of pyridine rings is 1. The minimum atomic E-state index is -3.90. The van der Waals surface area contributed by atoms with Crippen LogP contribution in [-0.2, 0) is 29.2 Å². The topological polar surface area (TPSA) is 124 Å². The molecule has 0 saturated heterocycles. The summed E-state index contributed by atoms with van der Waals surface area (Å²) in [4.78, 5) is 17.4. The fraction of sp³-hybridized carbons (Fsp3) is 0.103. The maximum atomic E-state index is 13.5. The molecule has 41 heavy (non-hydrogen) atoms. The Bertz CT molecular complexity index is 1990. The molecule has 0 atom stereocenters. The molecule has 6 aromatic rings. The number of carbonyl (C=O) groups excluding carboxylic acids is 1. The van der Waals surface area contributed by atoms with Gasteiger partial charge in [-0.15, -0.1) is 0 Å². The number of aromatic nitrogens is 5. The smallest absolute Gasteiger partial charge is 0.251 e. The number of halogens is 1. The van der Waals surface area contributed by atoms with Crippen molar-refractivity contribution in [1.29, 1.82) is 0 Å². The van der Waals surface area contributed by atoms with Crippen molar-refractivity contribution in [3.8, 4) is 22.6 Å². The number of fused-ring (bicyclic) bond motifs is 1. The zero-order chi connectivity index (χ0) is 28.6. The second-order valence-corrected chi connectivity index (χ2v) is 11.4. The van der Waals surface area contributed by atoms with Gasteiger partial charge < -0.3 is 14.2 Å². The number of sulfone groups is 1. The van der Waals surface area contributed by atoms with Crippen LogP contribution in [0.5, 0.6) is 0 Å². The van der Waals surface area contributed by atoms with Gasteiger partial charge in [0.25, 0.3) is 5.91 Å². The summed E-state index contributed by atoms with van der Waals surface area (Å²) in [5, 5.41) is 11.2. The van der Waals surface area contributed by atoms with Crippen molar-refractivity contribution >= 4 is 21.4 Å². The van der Waals surface area contributed by atoms with Gasteiger partial charge in [0, 0.05) is 61.1 Å². The summed E-state index contributed by atoms with van der Waals surface area (Å²) < 4.78 is 49.4. The minimum absolute atomic E-state index is 0.0246. The van der Waals surface area contributed by atoms with Crippen molar-refractivity contribution < 1.29 is 22.1 Å². The molecule has 6 rings (SSSR count). The van der Waals surface area contributed by atoms with Crippen LogP contribution in [0.4, 0.5) is 4.39 Å². The lowest BCUT2D eigenvalue weighted by atomic mass is 10.1. The Morgan fingerprint density at radius 2 is 1.83 bits per heavy atom. The van der Waals surface area contributed by atoms with Crippen LogP contribution >= 0.6 is 0 Å². The van der Waals surface area contributed by atoms with Gasteiger partial charge in [0.05, 0.1) is 16.3 Å². The number of amides is 1. The Balaban J connectivity index is 1.34. The monoisotopic (exact) mass is 570 g/mol. The number of nitrogens with zero attached hydrogens (tertiary/aromatic N) is 5. The predicted molar refractivity (Wildman–Crippen MR) is 148 cm³/mol. The molecule has 0 aliphatic rings. The van der Waals surface area contributed by atoms with Crippen molar-refractivity contribution in [3.63, 3.8) is 0 Å². The number of hydrogen-bond acceptors (Lipinski definition) is 7. The van der Waals surface area contributed by atoms with Crippen molar-refractivity contribution in [1.82, 2.24) is 29.6 Å². The molecule has 12 heteroatoms. The minimum Gasteiger partial charge on any atom is -0.356 e. The van der Waals surface area contributed by atoms with E-state index in [-0.39, 0.29) is 34.0 Å². The number of nitrogens with one attached hydrogen (secondary N) is 1. The number of rotatable bonds is 8. The Hall–Kier alpha value is -5.10. The maximum absolute atomic E-state index is 13.5. The SMILES string of the molecule is Cn1ccc(CS(=O)(=O)c2ccc(C(=O)NCc3ccn4ccnc4c3)cc2-c2cc(-c3ccc(F)cc3)on2)n1. The average Bonchev–Trinajstić information content (AvgIpc) is 3.73. The second kappa shape index (κ2) is 10.5. The fourth-order valence-electron chi connectivity index (χ4n) is 4.45. The third kappa shape index (κ3) is 5.50. The lowest BCUT2D eigenvalue weighted by molar-refractivity contribution is 0.0951. The van der Waals surface area contributed by atoms with E-state index in [0.717, 1.165) is 11.2 Å². The van der Waals surface area contributed by atoms with Gasteiger partial charge in [0.15, 0.2) is 15.6 Å². The number of benzene rings is 2. The number of carbonyl (C=O) groups is 1. The zero-order valence-corrected chi connectivity index (χ0v) is 22.5. The van der Waals surface area contributed by atoms with Crippen LogP contribution in [-0.4, -0.2) is 38.6 Å². The van der Waals surface area contributed by atoms with E-state index in [1.54, 1.807) is 31.6 Å². The van der Waals surface area contributed by atoms with E-state index >= 15 is 0 Å². The fourth-order valence-corrected chi connectivity index (χ4v) is 5.93. The van der Waals surface area contributed by atoms with E-state index in [1.807, 2.05) is 28.9 Å². The van der Waals surface area contributed by atoms with Gasteiger partial charge in [0.1, 0.15) is 17.2 Å². The zero-order valence-electron chi connectivity index (χ0n) is 21.7. The average molecular weight is 571 g/mol. The standard InChI is InChI=1S/C29H23FN6O4S/c1-35-11-9-23(33-35)18-41(38,39)27-7-4-21(29(37)32-17-19-8-12-36-13-10-31-28(36)14-19)15-24(27)25-16-26(40-34-25)20-2-5-22(30)6-3-20/h2-16H,17-18H2,1H3,(H,32,37). The summed E-state index contributed by atoms with van der Waals surface area (Å²) >= 11 is 0. The molecule has 2 aromatic carbocycles. The lowest BCUT2D eigenvalue weighted by Crippen LogP contribution is -2.23. The summed E-state index contributed by atoms with van der Waals surface area (Å²) in [6, 6.07) is 16.9. The van der Waals surface area contributed by atoms with Gasteiger partial charge in [-0.2, -0.15) is 5.10 Å². The highest BCUT2D eigenvalue weighted by molar-refractivity contribution is 7.90. The van der Waals surface area contributed by atoms with E-state index in [4.69, 9.17) is 4.52 Å². The predicted octanol–water partition coefficient (Wildman–Crippen LogP) is 4.43.